The van der Waals surface area contributed by atoms with E-state index in [0.717, 1.165) is 16.8 Å². The van der Waals surface area contributed by atoms with E-state index >= 15 is 0 Å². The Balaban J connectivity index is 3.03. The molecule has 66 valence electrons. The van der Waals surface area contributed by atoms with Crippen LogP contribution in [-0.2, 0) is 13.6 Å². The molecule has 0 bridgehead atoms. The summed E-state index contributed by atoms with van der Waals surface area (Å²) < 4.78 is 1.80. The fourth-order valence-corrected chi connectivity index (χ4v) is 1.13. The van der Waals surface area contributed by atoms with E-state index in [0.29, 0.717) is 6.54 Å². The van der Waals surface area contributed by atoms with E-state index in [1.165, 1.54) is 0 Å². The number of aryl methyl sites for hydroxylation is 1. The van der Waals surface area contributed by atoms with Gasteiger partial charge in [-0.25, -0.2) is 0 Å². The summed E-state index contributed by atoms with van der Waals surface area (Å²) in [6.45, 7) is 6.42. The van der Waals surface area contributed by atoms with Crippen molar-refractivity contribution in [3.8, 4) is 0 Å². The molecule has 0 aromatic carbocycles. The Morgan fingerprint density at radius 2 is 2.50 bits per heavy atom. The summed E-state index contributed by atoms with van der Waals surface area (Å²) in [4.78, 5) is 0. The second kappa shape index (κ2) is 3.51. The van der Waals surface area contributed by atoms with Crippen LogP contribution in [0.15, 0.2) is 12.8 Å². The van der Waals surface area contributed by atoms with E-state index in [2.05, 4.69) is 17.1 Å². The zero-order valence-electron chi connectivity index (χ0n) is 7.46. The van der Waals surface area contributed by atoms with Crippen molar-refractivity contribution in [1.82, 2.24) is 15.2 Å². The number of allylic oxidation sites excluding steroid dienone is 1. The molecule has 0 saturated carbocycles. The lowest BCUT2D eigenvalue weighted by Gasteiger charge is -2.03. The number of nitrogens with two attached hydrogens (primary N) is 1. The maximum atomic E-state index is 5.24. The third-order valence-corrected chi connectivity index (χ3v) is 1.79. The van der Waals surface area contributed by atoms with Gasteiger partial charge in [0.05, 0.1) is 18.4 Å². The van der Waals surface area contributed by atoms with Crippen molar-refractivity contribution >= 4 is 5.57 Å². The zero-order valence-corrected chi connectivity index (χ0v) is 7.46. The molecule has 1 aromatic rings. The fourth-order valence-electron chi connectivity index (χ4n) is 1.13. The molecule has 1 rings (SSSR count). The Morgan fingerprint density at radius 1 is 1.83 bits per heavy atom. The van der Waals surface area contributed by atoms with Crippen molar-refractivity contribution in [3.05, 3.63) is 24.0 Å². The molecule has 12 heavy (non-hydrogen) atoms. The van der Waals surface area contributed by atoms with E-state index in [1.807, 2.05) is 14.0 Å². The van der Waals surface area contributed by atoms with Crippen LogP contribution in [0.5, 0.6) is 0 Å². The van der Waals surface area contributed by atoms with Gasteiger partial charge in [-0.3, -0.25) is 16.0 Å². The Kier molecular flexibility index (Phi) is 2.62. The van der Waals surface area contributed by atoms with Gasteiger partial charge in [-0.1, -0.05) is 6.58 Å². The minimum Gasteiger partial charge on any atom is -0.271 e. The van der Waals surface area contributed by atoms with Gasteiger partial charge < -0.3 is 0 Å². The summed E-state index contributed by atoms with van der Waals surface area (Å²) >= 11 is 0. The lowest BCUT2D eigenvalue weighted by Crippen LogP contribution is -2.23. The van der Waals surface area contributed by atoms with Gasteiger partial charge in [-0.15, -0.1) is 0 Å². The molecule has 4 heteroatoms. The molecule has 0 aliphatic carbocycles. The molecule has 0 atom stereocenters. The Bertz CT molecular complexity index is 287. The lowest BCUT2D eigenvalue weighted by molar-refractivity contribution is 0.645. The number of hydrazine groups is 1. The van der Waals surface area contributed by atoms with Crippen molar-refractivity contribution in [3.63, 3.8) is 0 Å². The van der Waals surface area contributed by atoms with Crippen molar-refractivity contribution in [2.75, 3.05) is 0 Å². The molecule has 0 unspecified atom stereocenters. The summed E-state index contributed by atoms with van der Waals surface area (Å²) in [7, 11) is 1.89. The van der Waals surface area contributed by atoms with Crippen LogP contribution in [-0.4, -0.2) is 9.78 Å². The van der Waals surface area contributed by atoms with Crippen molar-refractivity contribution in [1.29, 1.82) is 0 Å². The molecule has 0 amide bonds. The van der Waals surface area contributed by atoms with Crippen LogP contribution in [0.2, 0.25) is 0 Å². The topological polar surface area (TPSA) is 55.9 Å². The number of aromatic nitrogens is 2. The molecular weight excluding hydrogens is 152 g/mol. The lowest BCUT2D eigenvalue weighted by atomic mass is 10.1. The first-order chi connectivity index (χ1) is 5.66. The average Bonchev–Trinajstić information content (AvgIpc) is 2.34. The molecule has 0 spiro atoms. The zero-order chi connectivity index (χ0) is 9.14. The molecule has 1 heterocycles. The van der Waals surface area contributed by atoms with Crippen LogP contribution in [0.1, 0.15) is 18.2 Å². The third kappa shape index (κ3) is 1.54. The Labute approximate surface area is 72.0 Å². The van der Waals surface area contributed by atoms with Gasteiger partial charge in [0.25, 0.3) is 0 Å². The molecule has 0 aliphatic heterocycles. The number of hydrogen-bond donors (Lipinski definition) is 2. The molecule has 4 nitrogen and oxygen atoms in total. The summed E-state index contributed by atoms with van der Waals surface area (Å²) in [6, 6.07) is 0. The van der Waals surface area contributed by atoms with Crippen molar-refractivity contribution in [2.24, 2.45) is 12.9 Å². The fraction of sp³-hybridized carbons (Fsp3) is 0.375. The van der Waals surface area contributed by atoms with Gasteiger partial charge in [-0.2, -0.15) is 5.10 Å². The van der Waals surface area contributed by atoms with E-state index in [9.17, 15) is 0 Å². The van der Waals surface area contributed by atoms with Gasteiger partial charge in [-0.05, 0) is 12.5 Å². The van der Waals surface area contributed by atoms with Gasteiger partial charge in [0.15, 0.2) is 0 Å². The summed E-state index contributed by atoms with van der Waals surface area (Å²) in [5.74, 6) is 5.24. The largest absolute Gasteiger partial charge is 0.271 e. The standard InChI is InChI=1S/C8H14N4/c1-6(2)7-4-11-12(3)8(7)5-10-9/h4,10H,1,5,9H2,2-3H3. The van der Waals surface area contributed by atoms with Crippen molar-refractivity contribution in [2.45, 2.75) is 13.5 Å². The molecule has 0 saturated heterocycles. The number of hydrogen-bond acceptors (Lipinski definition) is 3. The Hall–Kier alpha value is -1.13. The predicted molar refractivity (Wildman–Crippen MR) is 48.9 cm³/mol. The number of rotatable bonds is 3. The number of nitrogens with one attached hydrogen (secondary N) is 1. The molecule has 0 fully saturated rings. The highest BCUT2D eigenvalue weighted by atomic mass is 15.3. The SMILES string of the molecule is C=C(C)c1cnn(C)c1CNN. The van der Waals surface area contributed by atoms with Crippen LogP contribution in [0, 0.1) is 0 Å². The maximum Gasteiger partial charge on any atom is 0.0607 e. The minimum absolute atomic E-state index is 0.610. The van der Waals surface area contributed by atoms with Crippen LogP contribution in [0.25, 0.3) is 5.57 Å². The average molecular weight is 166 g/mol. The highest BCUT2D eigenvalue weighted by Gasteiger charge is 2.06. The normalized spacial score (nSPS) is 10.2. The molecule has 0 radical (unpaired) electrons. The molecular formula is C8H14N4. The third-order valence-electron chi connectivity index (χ3n) is 1.79. The van der Waals surface area contributed by atoms with Gasteiger partial charge in [0.2, 0.25) is 0 Å². The second-order valence-corrected chi connectivity index (χ2v) is 2.79. The molecule has 0 aliphatic rings. The second-order valence-electron chi connectivity index (χ2n) is 2.79. The van der Waals surface area contributed by atoms with Crippen LogP contribution < -0.4 is 11.3 Å². The van der Waals surface area contributed by atoms with Crippen LogP contribution in [0.4, 0.5) is 0 Å². The summed E-state index contributed by atoms with van der Waals surface area (Å²) in [6.07, 6.45) is 1.80. The molecule has 3 N–H and O–H groups in total. The van der Waals surface area contributed by atoms with E-state index in [4.69, 9.17) is 5.84 Å². The smallest absolute Gasteiger partial charge is 0.0607 e. The van der Waals surface area contributed by atoms with E-state index in [1.54, 1.807) is 10.9 Å². The monoisotopic (exact) mass is 166 g/mol. The van der Waals surface area contributed by atoms with Gasteiger partial charge in [0.1, 0.15) is 0 Å². The summed E-state index contributed by atoms with van der Waals surface area (Å²) in [5, 5.41) is 4.12. The highest BCUT2D eigenvalue weighted by Crippen LogP contribution is 2.15. The first-order valence-electron chi connectivity index (χ1n) is 3.77. The number of nitrogens with zero attached hydrogens (tertiary/aromatic N) is 2. The first kappa shape index (κ1) is 8.96. The van der Waals surface area contributed by atoms with E-state index in [-0.39, 0.29) is 0 Å². The highest BCUT2D eigenvalue weighted by molar-refractivity contribution is 5.62. The van der Waals surface area contributed by atoms with Crippen LogP contribution >= 0.6 is 0 Å². The summed E-state index contributed by atoms with van der Waals surface area (Å²) in [5.41, 5.74) is 5.74. The maximum absolute atomic E-state index is 5.24. The quantitative estimate of drug-likeness (QED) is 0.505. The van der Waals surface area contributed by atoms with Gasteiger partial charge in [0, 0.05) is 12.6 Å². The van der Waals surface area contributed by atoms with Crippen molar-refractivity contribution < 1.29 is 0 Å². The minimum atomic E-state index is 0.610. The van der Waals surface area contributed by atoms with Gasteiger partial charge >= 0.3 is 0 Å². The first-order valence-corrected chi connectivity index (χ1v) is 3.77. The predicted octanol–water partition coefficient (Wildman–Crippen LogP) is 0.417. The Morgan fingerprint density at radius 3 is 3.00 bits per heavy atom. The van der Waals surface area contributed by atoms with E-state index < -0.39 is 0 Å². The van der Waals surface area contributed by atoms with Crippen LogP contribution in [0.3, 0.4) is 0 Å². The molecule has 1 aromatic heterocycles.